The Morgan fingerprint density at radius 2 is 2.04 bits per heavy atom. The molecule has 2 aromatic carbocycles. The Balaban J connectivity index is 1.82. The fraction of sp³-hybridized carbons (Fsp3) is 0.286. The molecule has 2 heterocycles. The Bertz CT molecular complexity index is 1040. The van der Waals surface area contributed by atoms with Crippen LogP contribution in [0.3, 0.4) is 0 Å². The van der Waals surface area contributed by atoms with Gasteiger partial charge in [-0.2, -0.15) is 0 Å². The summed E-state index contributed by atoms with van der Waals surface area (Å²) in [4.78, 5) is 22.6. The van der Waals surface area contributed by atoms with Gasteiger partial charge in [0, 0.05) is 24.5 Å². The van der Waals surface area contributed by atoms with Crippen LogP contribution in [-0.2, 0) is 0 Å². The summed E-state index contributed by atoms with van der Waals surface area (Å²) < 4.78 is 0. The third-order valence-corrected chi connectivity index (χ3v) is 5.03. The lowest BCUT2D eigenvalue weighted by molar-refractivity contribution is 0.188. The van der Waals surface area contributed by atoms with Crippen molar-refractivity contribution in [3.63, 3.8) is 0 Å². The maximum atomic E-state index is 11.1. The zero-order valence-electron chi connectivity index (χ0n) is 15.6. The zero-order chi connectivity index (χ0) is 19.7. The van der Waals surface area contributed by atoms with Crippen LogP contribution in [0.15, 0.2) is 42.5 Å². The lowest BCUT2D eigenvalue weighted by atomic mass is 10.0. The minimum Gasteiger partial charge on any atom is -0.507 e. The second-order valence-electron chi connectivity index (χ2n) is 7.14. The van der Waals surface area contributed by atoms with E-state index in [0.717, 1.165) is 41.7 Å². The fourth-order valence-electron chi connectivity index (χ4n) is 3.71. The Kier molecular flexibility index (Phi) is 4.73. The van der Waals surface area contributed by atoms with Gasteiger partial charge in [-0.1, -0.05) is 18.2 Å². The molecule has 144 valence electrons. The number of amides is 1. The molecule has 1 aliphatic rings. The number of aromatic nitrogens is 2. The van der Waals surface area contributed by atoms with Crippen molar-refractivity contribution in [3.8, 4) is 17.1 Å². The van der Waals surface area contributed by atoms with Gasteiger partial charge in [-0.05, 0) is 49.6 Å². The maximum absolute atomic E-state index is 11.1. The first-order valence-electron chi connectivity index (χ1n) is 9.32. The number of rotatable bonds is 3. The van der Waals surface area contributed by atoms with Crippen LogP contribution in [0.1, 0.15) is 18.4 Å². The van der Waals surface area contributed by atoms with E-state index in [4.69, 9.17) is 10.1 Å². The predicted molar refractivity (Wildman–Crippen MR) is 108 cm³/mol. The molecule has 3 aromatic rings. The number of carbonyl (C=O) groups is 1. The van der Waals surface area contributed by atoms with Gasteiger partial charge in [0.15, 0.2) is 5.82 Å². The highest BCUT2D eigenvalue weighted by Gasteiger charge is 2.24. The molecule has 1 atom stereocenters. The van der Waals surface area contributed by atoms with E-state index in [-0.39, 0.29) is 11.8 Å². The van der Waals surface area contributed by atoms with Gasteiger partial charge < -0.3 is 20.4 Å². The summed E-state index contributed by atoms with van der Waals surface area (Å²) in [5.74, 6) is 1.35. The minimum atomic E-state index is -1.01. The van der Waals surface area contributed by atoms with Gasteiger partial charge in [0.1, 0.15) is 11.6 Å². The number of aryl methyl sites for hydroxylation is 1. The number of nitrogens with zero attached hydrogens (tertiary/aromatic N) is 3. The van der Waals surface area contributed by atoms with Gasteiger partial charge >= 0.3 is 6.09 Å². The van der Waals surface area contributed by atoms with Crippen molar-refractivity contribution in [2.45, 2.75) is 25.8 Å². The van der Waals surface area contributed by atoms with Crippen molar-refractivity contribution in [2.75, 3.05) is 18.0 Å². The second-order valence-corrected chi connectivity index (χ2v) is 7.14. The molecule has 7 heteroatoms. The molecule has 1 aromatic heterocycles. The van der Waals surface area contributed by atoms with Gasteiger partial charge in [0.05, 0.1) is 11.1 Å². The van der Waals surface area contributed by atoms with E-state index in [2.05, 4.69) is 15.2 Å². The molecule has 0 aliphatic carbocycles. The number of fused-ring (bicyclic) bond motifs is 1. The van der Waals surface area contributed by atoms with Crippen molar-refractivity contribution in [3.05, 3.63) is 48.0 Å². The van der Waals surface area contributed by atoms with Crippen molar-refractivity contribution in [1.82, 2.24) is 15.3 Å². The van der Waals surface area contributed by atoms with Gasteiger partial charge in [-0.15, -0.1) is 0 Å². The average Bonchev–Trinajstić information content (AvgIpc) is 2.67. The molecule has 0 saturated carbocycles. The molecular formula is C21H22N4O3. The van der Waals surface area contributed by atoms with Crippen LogP contribution in [0.25, 0.3) is 22.3 Å². The first-order chi connectivity index (χ1) is 13.5. The van der Waals surface area contributed by atoms with E-state index in [1.165, 1.54) is 0 Å². The number of carboxylic acid groups (broad SMARTS) is 1. The smallest absolute Gasteiger partial charge is 0.404 e. The van der Waals surface area contributed by atoms with Gasteiger partial charge in [-0.3, -0.25) is 0 Å². The number of benzene rings is 2. The summed E-state index contributed by atoms with van der Waals surface area (Å²) in [7, 11) is 0. The fourth-order valence-corrected chi connectivity index (χ4v) is 3.71. The molecule has 3 N–H and O–H groups in total. The van der Waals surface area contributed by atoms with Crippen molar-refractivity contribution >= 4 is 22.8 Å². The Labute approximate surface area is 162 Å². The lowest BCUT2D eigenvalue weighted by Crippen LogP contribution is -2.47. The predicted octanol–water partition coefficient (Wildman–Crippen LogP) is 3.55. The number of nitrogens with one attached hydrogen (secondary N) is 1. The van der Waals surface area contributed by atoms with E-state index >= 15 is 0 Å². The second kappa shape index (κ2) is 7.34. The highest BCUT2D eigenvalue weighted by molar-refractivity contribution is 5.92. The van der Waals surface area contributed by atoms with Gasteiger partial charge in [0.2, 0.25) is 0 Å². The highest BCUT2D eigenvalue weighted by atomic mass is 16.4. The molecule has 1 amide bonds. The molecule has 1 unspecified atom stereocenters. The zero-order valence-corrected chi connectivity index (χ0v) is 15.6. The molecule has 28 heavy (non-hydrogen) atoms. The highest BCUT2D eigenvalue weighted by Crippen LogP contribution is 2.32. The maximum Gasteiger partial charge on any atom is 0.404 e. The summed E-state index contributed by atoms with van der Waals surface area (Å²) in [5.41, 5.74) is 2.46. The third-order valence-electron chi connectivity index (χ3n) is 5.03. The monoisotopic (exact) mass is 378 g/mol. The molecule has 4 rings (SSSR count). The largest absolute Gasteiger partial charge is 0.507 e. The van der Waals surface area contributed by atoms with Crippen LogP contribution in [0.4, 0.5) is 10.6 Å². The Morgan fingerprint density at radius 1 is 1.21 bits per heavy atom. The molecule has 1 fully saturated rings. The number of piperidine rings is 1. The van der Waals surface area contributed by atoms with E-state index in [1.807, 2.05) is 31.2 Å². The normalized spacial score (nSPS) is 16.9. The van der Waals surface area contributed by atoms with Crippen LogP contribution in [0.2, 0.25) is 0 Å². The Hall–Kier alpha value is -3.35. The summed E-state index contributed by atoms with van der Waals surface area (Å²) in [6.45, 7) is 3.35. The van der Waals surface area contributed by atoms with Crippen molar-refractivity contribution in [2.24, 2.45) is 0 Å². The molecule has 7 nitrogen and oxygen atoms in total. The standard InChI is InChI=1S/C21H22N4O3/c1-13-8-9-15-17(11-13)23-19(16-6-2-3-7-18(16)26)24-20(15)25-10-4-5-14(12-25)22-21(27)28/h2-3,6-9,11,14,22,26H,4-5,10,12H2,1H3,(H,27,28). The van der Waals surface area contributed by atoms with E-state index in [9.17, 15) is 9.90 Å². The van der Waals surface area contributed by atoms with E-state index in [0.29, 0.717) is 17.9 Å². The molecular weight excluding hydrogens is 356 g/mol. The summed E-state index contributed by atoms with van der Waals surface area (Å²) >= 11 is 0. The first kappa shape index (κ1) is 18.0. The summed E-state index contributed by atoms with van der Waals surface area (Å²) in [6, 6.07) is 12.9. The number of aromatic hydroxyl groups is 1. The van der Waals surface area contributed by atoms with Crippen molar-refractivity contribution in [1.29, 1.82) is 0 Å². The van der Waals surface area contributed by atoms with Crippen molar-refractivity contribution < 1.29 is 15.0 Å². The number of phenols is 1. The molecule has 0 spiro atoms. The topological polar surface area (TPSA) is 98.6 Å². The average molecular weight is 378 g/mol. The molecule has 1 aliphatic heterocycles. The van der Waals surface area contributed by atoms with E-state index in [1.54, 1.807) is 18.2 Å². The van der Waals surface area contributed by atoms with Crippen LogP contribution >= 0.6 is 0 Å². The number of anilines is 1. The number of para-hydroxylation sites is 1. The lowest BCUT2D eigenvalue weighted by Gasteiger charge is -2.34. The SMILES string of the molecule is Cc1ccc2c(N3CCCC(NC(=O)O)C3)nc(-c3ccccc3O)nc2c1. The molecule has 1 saturated heterocycles. The summed E-state index contributed by atoms with van der Waals surface area (Å²) in [5, 5.41) is 22.8. The third kappa shape index (κ3) is 3.55. The van der Waals surface area contributed by atoms with Crippen LogP contribution in [0, 0.1) is 6.92 Å². The minimum absolute atomic E-state index is 0.129. The summed E-state index contributed by atoms with van der Waals surface area (Å²) in [6.07, 6.45) is 0.663. The molecule has 0 bridgehead atoms. The van der Waals surface area contributed by atoms with Gasteiger partial charge in [0.25, 0.3) is 0 Å². The number of hydrogen-bond acceptors (Lipinski definition) is 5. The Morgan fingerprint density at radius 3 is 2.82 bits per heavy atom. The number of hydrogen-bond donors (Lipinski definition) is 3. The molecule has 0 radical (unpaired) electrons. The quantitative estimate of drug-likeness (QED) is 0.645. The van der Waals surface area contributed by atoms with Crippen LogP contribution < -0.4 is 10.2 Å². The van der Waals surface area contributed by atoms with Gasteiger partial charge in [-0.25, -0.2) is 14.8 Å². The van der Waals surface area contributed by atoms with E-state index < -0.39 is 6.09 Å². The van der Waals surface area contributed by atoms with Crippen LogP contribution in [0.5, 0.6) is 5.75 Å². The van der Waals surface area contributed by atoms with Crippen LogP contribution in [-0.4, -0.2) is 45.4 Å². The first-order valence-corrected chi connectivity index (χ1v) is 9.32. The number of phenolic OH excluding ortho intramolecular Hbond substituents is 1.